The van der Waals surface area contributed by atoms with E-state index in [2.05, 4.69) is 5.16 Å². The summed E-state index contributed by atoms with van der Waals surface area (Å²) >= 11 is 0. The van der Waals surface area contributed by atoms with Gasteiger partial charge in [-0.05, 0) is 11.6 Å². The molecular weight excluding hydrogens is 144 g/mol. The second kappa shape index (κ2) is 2.23. The van der Waals surface area contributed by atoms with E-state index in [0.717, 1.165) is 12.2 Å². The minimum Gasteiger partial charge on any atom is -0.479 e. The maximum atomic E-state index is 5.62. The maximum Gasteiger partial charge on any atom is 0.254 e. The average molecular weight is 154 g/mol. The molecule has 4 heteroatoms. The molecular formula is C7H10N2O2. The Hall–Kier alpha value is -1.03. The van der Waals surface area contributed by atoms with Crippen molar-refractivity contribution in [3.63, 3.8) is 0 Å². The Morgan fingerprint density at radius 2 is 2.55 bits per heavy atom. The van der Waals surface area contributed by atoms with Crippen molar-refractivity contribution >= 4 is 0 Å². The molecule has 0 saturated heterocycles. The molecule has 60 valence electrons. The molecule has 2 atom stereocenters. The number of rotatable bonds is 2. The number of nitrogens with two attached hydrogens (primary N) is 1. The lowest BCUT2D eigenvalue weighted by molar-refractivity contribution is 0.326. The minimum atomic E-state index is 0.257. The summed E-state index contributed by atoms with van der Waals surface area (Å²) in [5.74, 6) is 1.74. The third kappa shape index (κ3) is 1.09. The fraction of sp³-hybridized carbons (Fsp3) is 0.571. The lowest BCUT2D eigenvalue weighted by atomic mass is 10.3. The molecule has 1 aromatic heterocycles. The van der Waals surface area contributed by atoms with Crippen LogP contribution in [0.15, 0.2) is 10.6 Å². The number of methoxy groups -OCH3 is 1. The molecule has 4 nitrogen and oxygen atoms in total. The van der Waals surface area contributed by atoms with Gasteiger partial charge in [0.05, 0.1) is 7.11 Å². The van der Waals surface area contributed by atoms with Crippen molar-refractivity contribution in [1.29, 1.82) is 0 Å². The van der Waals surface area contributed by atoms with Gasteiger partial charge in [0.25, 0.3) is 5.88 Å². The highest BCUT2D eigenvalue weighted by atomic mass is 16.5. The van der Waals surface area contributed by atoms with Gasteiger partial charge in [-0.3, -0.25) is 0 Å². The van der Waals surface area contributed by atoms with E-state index in [0.29, 0.717) is 11.8 Å². The van der Waals surface area contributed by atoms with E-state index in [1.54, 1.807) is 13.2 Å². The highest BCUT2D eigenvalue weighted by Crippen LogP contribution is 2.39. The van der Waals surface area contributed by atoms with Gasteiger partial charge in [-0.2, -0.15) is 0 Å². The summed E-state index contributed by atoms with van der Waals surface area (Å²) in [6.07, 6.45) is 0.998. The van der Waals surface area contributed by atoms with Gasteiger partial charge in [0.1, 0.15) is 5.76 Å². The molecule has 0 radical (unpaired) electrons. The first-order valence-corrected chi connectivity index (χ1v) is 3.57. The second-order valence-corrected chi connectivity index (χ2v) is 2.78. The Balaban J connectivity index is 2.13. The van der Waals surface area contributed by atoms with E-state index in [1.807, 2.05) is 0 Å². The summed E-state index contributed by atoms with van der Waals surface area (Å²) in [6.45, 7) is 0. The molecule has 11 heavy (non-hydrogen) atoms. The standard InChI is InChI=1S/C7H10N2O2/c1-10-7-3-6(11-9-7)4-2-5(4)8/h3-5H,2,8H2,1H3. The summed E-state index contributed by atoms with van der Waals surface area (Å²) in [5, 5.41) is 3.68. The topological polar surface area (TPSA) is 61.3 Å². The Labute approximate surface area is 64.3 Å². The predicted molar refractivity (Wildman–Crippen MR) is 38.4 cm³/mol. The van der Waals surface area contributed by atoms with Gasteiger partial charge in [-0.1, -0.05) is 0 Å². The number of nitrogens with zero attached hydrogens (tertiary/aromatic N) is 1. The highest BCUT2D eigenvalue weighted by molar-refractivity contribution is 5.21. The van der Waals surface area contributed by atoms with E-state index >= 15 is 0 Å². The predicted octanol–water partition coefficient (Wildman–Crippen LogP) is 0.498. The zero-order valence-electron chi connectivity index (χ0n) is 6.28. The fourth-order valence-electron chi connectivity index (χ4n) is 1.08. The molecule has 1 aliphatic rings. The molecule has 2 N–H and O–H groups in total. The van der Waals surface area contributed by atoms with Crippen molar-refractivity contribution in [2.45, 2.75) is 18.4 Å². The van der Waals surface area contributed by atoms with Crippen LogP contribution in [-0.2, 0) is 0 Å². The first-order valence-electron chi connectivity index (χ1n) is 3.57. The van der Waals surface area contributed by atoms with E-state index in [4.69, 9.17) is 15.0 Å². The Morgan fingerprint density at radius 1 is 1.82 bits per heavy atom. The smallest absolute Gasteiger partial charge is 0.254 e. The van der Waals surface area contributed by atoms with Crippen molar-refractivity contribution in [3.8, 4) is 5.88 Å². The summed E-state index contributed by atoms with van der Waals surface area (Å²) in [4.78, 5) is 0. The van der Waals surface area contributed by atoms with Gasteiger partial charge < -0.3 is 15.0 Å². The van der Waals surface area contributed by atoms with Gasteiger partial charge >= 0.3 is 0 Å². The summed E-state index contributed by atoms with van der Waals surface area (Å²) in [6, 6.07) is 2.05. The van der Waals surface area contributed by atoms with Crippen molar-refractivity contribution in [3.05, 3.63) is 11.8 Å². The molecule has 1 saturated carbocycles. The van der Waals surface area contributed by atoms with Crippen LogP contribution in [0.2, 0.25) is 0 Å². The summed E-state index contributed by atoms with van der Waals surface area (Å²) in [7, 11) is 1.56. The van der Waals surface area contributed by atoms with Gasteiger partial charge in [-0.15, -0.1) is 0 Å². The van der Waals surface area contributed by atoms with Crippen LogP contribution in [0.1, 0.15) is 18.1 Å². The van der Waals surface area contributed by atoms with Gasteiger partial charge in [0.2, 0.25) is 0 Å². The zero-order valence-corrected chi connectivity index (χ0v) is 6.28. The molecule has 2 rings (SSSR count). The van der Waals surface area contributed by atoms with Crippen molar-refractivity contribution in [2.75, 3.05) is 7.11 Å². The maximum absolute atomic E-state index is 5.62. The average Bonchev–Trinajstić information content (AvgIpc) is 2.59. The minimum absolute atomic E-state index is 0.257. The van der Waals surface area contributed by atoms with Crippen LogP contribution < -0.4 is 10.5 Å². The molecule has 0 bridgehead atoms. The quantitative estimate of drug-likeness (QED) is 0.673. The molecule has 1 aliphatic carbocycles. The van der Waals surface area contributed by atoms with E-state index in [9.17, 15) is 0 Å². The lowest BCUT2D eigenvalue weighted by Crippen LogP contribution is -2.00. The van der Waals surface area contributed by atoms with E-state index in [-0.39, 0.29) is 6.04 Å². The second-order valence-electron chi connectivity index (χ2n) is 2.78. The molecule has 0 aliphatic heterocycles. The SMILES string of the molecule is COc1cc(C2CC2N)on1. The number of hydrogen-bond donors (Lipinski definition) is 1. The number of hydrogen-bond acceptors (Lipinski definition) is 4. The molecule has 0 amide bonds. The number of aromatic nitrogens is 1. The van der Waals surface area contributed by atoms with Crippen molar-refractivity contribution in [2.24, 2.45) is 5.73 Å². The van der Waals surface area contributed by atoms with Gasteiger partial charge in [-0.25, -0.2) is 0 Å². The van der Waals surface area contributed by atoms with Crippen LogP contribution >= 0.6 is 0 Å². The van der Waals surface area contributed by atoms with Crippen LogP contribution in [-0.4, -0.2) is 18.3 Å². The lowest BCUT2D eigenvalue weighted by Gasteiger charge is -1.85. The van der Waals surface area contributed by atoms with Crippen molar-refractivity contribution < 1.29 is 9.26 Å². The Bertz CT molecular complexity index is 259. The first kappa shape index (κ1) is 6.67. The van der Waals surface area contributed by atoms with Crippen LogP contribution in [0.4, 0.5) is 0 Å². The zero-order chi connectivity index (χ0) is 7.84. The Morgan fingerprint density at radius 3 is 3.00 bits per heavy atom. The summed E-state index contributed by atoms with van der Waals surface area (Å²) < 4.78 is 9.86. The molecule has 2 unspecified atom stereocenters. The molecule has 0 aromatic carbocycles. The molecule has 1 fully saturated rings. The highest BCUT2D eigenvalue weighted by Gasteiger charge is 2.38. The van der Waals surface area contributed by atoms with Crippen LogP contribution in [0.3, 0.4) is 0 Å². The third-order valence-electron chi connectivity index (χ3n) is 1.92. The van der Waals surface area contributed by atoms with E-state index in [1.165, 1.54) is 0 Å². The molecule has 1 aromatic rings. The van der Waals surface area contributed by atoms with Crippen LogP contribution in [0.25, 0.3) is 0 Å². The van der Waals surface area contributed by atoms with Gasteiger partial charge in [0, 0.05) is 18.0 Å². The largest absolute Gasteiger partial charge is 0.479 e. The normalized spacial score (nSPS) is 28.5. The van der Waals surface area contributed by atoms with Crippen molar-refractivity contribution in [1.82, 2.24) is 5.16 Å². The molecule has 1 heterocycles. The fourth-order valence-corrected chi connectivity index (χ4v) is 1.08. The van der Waals surface area contributed by atoms with Crippen LogP contribution in [0.5, 0.6) is 5.88 Å². The van der Waals surface area contributed by atoms with E-state index < -0.39 is 0 Å². The monoisotopic (exact) mass is 154 g/mol. The number of ether oxygens (including phenoxy) is 1. The first-order chi connectivity index (χ1) is 5.31. The van der Waals surface area contributed by atoms with Crippen LogP contribution in [0, 0.1) is 0 Å². The molecule has 0 spiro atoms. The Kier molecular flexibility index (Phi) is 1.35. The third-order valence-corrected chi connectivity index (χ3v) is 1.92. The summed E-state index contributed by atoms with van der Waals surface area (Å²) in [5.41, 5.74) is 5.62. The van der Waals surface area contributed by atoms with Gasteiger partial charge in [0.15, 0.2) is 0 Å².